The monoisotopic (exact) mass is 477 g/mol. The van der Waals surface area contributed by atoms with Crippen molar-refractivity contribution in [3.05, 3.63) is 80.7 Å². The number of hydrogen-bond donors (Lipinski definition) is 1. The van der Waals surface area contributed by atoms with Gasteiger partial charge in [0.05, 0.1) is 15.8 Å². The van der Waals surface area contributed by atoms with Crippen LogP contribution in [0.2, 0.25) is 5.02 Å². The minimum atomic E-state index is -0.551. The number of carbonyl (C=O) groups is 1. The van der Waals surface area contributed by atoms with Gasteiger partial charge in [-0.25, -0.2) is 9.18 Å². The average molecular weight is 479 g/mol. The Hall–Kier alpha value is -2.65. The van der Waals surface area contributed by atoms with Crippen LogP contribution in [0, 0.1) is 18.2 Å². The SMILES string of the molecule is C#C/C(Cl)=C(\C(Cl)=C/C)N1CCN(C(=O)Nc2ccc(F)c(Cl)c2)Cc2ccccc21. The van der Waals surface area contributed by atoms with Crippen molar-refractivity contribution in [2.45, 2.75) is 13.5 Å². The van der Waals surface area contributed by atoms with Gasteiger partial charge in [0.2, 0.25) is 0 Å². The number of anilines is 2. The highest BCUT2D eigenvalue weighted by Gasteiger charge is 2.27. The second-order valence-corrected chi connectivity index (χ2v) is 7.90. The molecule has 160 valence electrons. The van der Waals surface area contributed by atoms with Crippen LogP contribution in [0.1, 0.15) is 12.5 Å². The first-order valence-electron chi connectivity index (χ1n) is 9.40. The van der Waals surface area contributed by atoms with E-state index in [4.69, 9.17) is 41.2 Å². The molecule has 3 rings (SSSR count). The smallest absolute Gasteiger partial charge is 0.322 e. The fourth-order valence-corrected chi connectivity index (χ4v) is 3.90. The molecule has 4 nitrogen and oxygen atoms in total. The maximum absolute atomic E-state index is 13.4. The van der Waals surface area contributed by atoms with Gasteiger partial charge < -0.3 is 15.1 Å². The van der Waals surface area contributed by atoms with Crippen molar-refractivity contribution in [3.8, 4) is 12.3 Å². The predicted molar refractivity (Wildman–Crippen MR) is 126 cm³/mol. The molecule has 0 bridgehead atoms. The van der Waals surface area contributed by atoms with Crippen molar-refractivity contribution >= 4 is 52.2 Å². The van der Waals surface area contributed by atoms with Crippen LogP contribution in [0.4, 0.5) is 20.6 Å². The number of nitrogens with zero attached hydrogens (tertiary/aromatic N) is 2. The van der Waals surface area contributed by atoms with Crippen LogP contribution in [-0.2, 0) is 6.54 Å². The van der Waals surface area contributed by atoms with Crippen LogP contribution in [0.15, 0.2) is 64.3 Å². The Morgan fingerprint density at radius 1 is 1.23 bits per heavy atom. The number of urea groups is 1. The van der Waals surface area contributed by atoms with Crippen LogP contribution >= 0.6 is 34.8 Å². The van der Waals surface area contributed by atoms with E-state index in [9.17, 15) is 9.18 Å². The third-order valence-electron chi connectivity index (χ3n) is 4.78. The minimum Gasteiger partial charge on any atom is -0.336 e. The number of hydrogen-bond acceptors (Lipinski definition) is 2. The molecule has 2 amide bonds. The summed E-state index contributed by atoms with van der Waals surface area (Å²) in [6.07, 6.45) is 7.27. The highest BCUT2D eigenvalue weighted by Crippen LogP contribution is 2.34. The standard InChI is InChI=1S/C23H19Cl3FN3O/c1-3-17(24)22(18(25)4-2)30-12-11-29(14-15-7-5-6-8-21(15)30)23(31)28-16-9-10-20(27)19(26)13-16/h1,4-10,13H,11-12,14H2,2H3,(H,28,31)/b18-4+,22-17-. The number of fused-ring (bicyclic) bond motifs is 1. The molecule has 0 saturated carbocycles. The number of nitrogens with one attached hydrogen (secondary N) is 1. The maximum atomic E-state index is 13.4. The average Bonchev–Trinajstić information content (AvgIpc) is 2.96. The molecule has 0 saturated heterocycles. The van der Waals surface area contributed by atoms with E-state index in [-0.39, 0.29) is 16.1 Å². The van der Waals surface area contributed by atoms with Crippen LogP contribution in [0.5, 0.6) is 0 Å². The topological polar surface area (TPSA) is 35.6 Å². The molecule has 2 aromatic carbocycles. The minimum absolute atomic E-state index is 0.0649. The molecule has 0 spiro atoms. The number of carbonyl (C=O) groups excluding carboxylic acids is 1. The van der Waals surface area contributed by atoms with Crippen LogP contribution in [-0.4, -0.2) is 24.0 Å². The lowest BCUT2D eigenvalue weighted by atomic mass is 10.1. The van der Waals surface area contributed by atoms with Gasteiger partial charge in [-0.15, -0.1) is 6.42 Å². The van der Waals surface area contributed by atoms with E-state index in [1.807, 2.05) is 29.2 Å². The van der Waals surface area contributed by atoms with Crippen LogP contribution in [0.25, 0.3) is 0 Å². The second-order valence-electron chi connectivity index (χ2n) is 6.70. The predicted octanol–water partition coefficient (Wildman–Crippen LogP) is 6.56. The van der Waals surface area contributed by atoms with E-state index < -0.39 is 5.82 Å². The number of para-hydroxylation sites is 1. The molecule has 0 fully saturated rings. The van der Waals surface area contributed by atoms with E-state index in [2.05, 4.69) is 11.2 Å². The van der Waals surface area contributed by atoms with Gasteiger partial charge >= 0.3 is 6.03 Å². The summed E-state index contributed by atoms with van der Waals surface area (Å²) in [6.45, 7) is 2.91. The molecule has 1 N–H and O–H groups in total. The molecular weight excluding hydrogens is 460 g/mol. The lowest BCUT2D eigenvalue weighted by Gasteiger charge is -2.27. The number of amides is 2. The van der Waals surface area contributed by atoms with Crippen molar-refractivity contribution in [2.24, 2.45) is 0 Å². The summed E-state index contributed by atoms with van der Waals surface area (Å²) in [5.74, 6) is 1.90. The second kappa shape index (κ2) is 10.1. The molecule has 31 heavy (non-hydrogen) atoms. The fraction of sp³-hybridized carbons (Fsp3) is 0.174. The zero-order valence-corrected chi connectivity index (χ0v) is 18.9. The molecule has 0 atom stereocenters. The molecular formula is C23H19Cl3FN3O. The quantitative estimate of drug-likeness (QED) is 0.400. The number of halogens is 4. The van der Waals surface area contributed by atoms with E-state index in [0.29, 0.717) is 36.1 Å². The lowest BCUT2D eigenvalue weighted by Crippen LogP contribution is -2.38. The Bertz CT molecular complexity index is 1110. The van der Waals surface area contributed by atoms with Crippen molar-refractivity contribution in [1.82, 2.24) is 4.90 Å². The highest BCUT2D eigenvalue weighted by atomic mass is 35.5. The number of terminal acetylenes is 1. The zero-order valence-electron chi connectivity index (χ0n) is 16.6. The van der Waals surface area contributed by atoms with E-state index >= 15 is 0 Å². The first kappa shape index (κ1) is 23.0. The summed E-state index contributed by atoms with van der Waals surface area (Å²) >= 11 is 18.6. The zero-order chi connectivity index (χ0) is 22.5. The molecule has 2 aromatic rings. The normalized spacial score (nSPS) is 14.9. The summed E-state index contributed by atoms with van der Waals surface area (Å²) < 4.78 is 13.4. The number of allylic oxidation sites excluding steroid dienone is 3. The highest BCUT2D eigenvalue weighted by molar-refractivity contribution is 6.37. The Kier molecular flexibility index (Phi) is 7.50. The third kappa shape index (κ3) is 5.16. The maximum Gasteiger partial charge on any atom is 0.322 e. The van der Waals surface area contributed by atoms with E-state index in [0.717, 1.165) is 11.3 Å². The van der Waals surface area contributed by atoms with Gasteiger partial charge in [0, 0.05) is 31.0 Å². The van der Waals surface area contributed by atoms with E-state index in [1.54, 1.807) is 17.9 Å². The lowest BCUT2D eigenvalue weighted by molar-refractivity contribution is 0.212. The molecule has 0 aliphatic carbocycles. The van der Waals surface area contributed by atoms with Crippen LogP contribution < -0.4 is 10.2 Å². The fourth-order valence-electron chi connectivity index (χ4n) is 3.27. The summed E-state index contributed by atoms with van der Waals surface area (Å²) in [5.41, 5.74) is 2.66. The number of benzene rings is 2. The van der Waals surface area contributed by atoms with Crippen molar-refractivity contribution in [1.29, 1.82) is 0 Å². The molecule has 0 radical (unpaired) electrons. The Balaban J connectivity index is 1.93. The van der Waals surface area contributed by atoms with Gasteiger partial charge in [-0.05, 0) is 36.8 Å². The first-order chi connectivity index (χ1) is 14.8. The number of rotatable bonds is 3. The molecule has 1 aliphatic heterocycles. The van der Waals surface area contributed by atoms with Crippen LogP contribution in [0.3, 0.4) is 0 Å². The van der Waals surface area contributed by atoms with Gasteiger partial charge in [0.1, 0.15) is 10.8 Å². The Labute approximate surface area is 195 Å². The summed E-state index contributed by atoms with van der Waals surface area (Å²) in [4.78, 5) is 16.5. The Morgan fingerprint density at radius 2 is 1.97 bits per heavy atom. The van der Waals surface area contributed by atoms with Gasteiger partial charge in [0.15, 0.2) is 0 Å². The third-order valence-corrected chi connectivity index (χ3v) is 5.75. The van der Waals surface area contributed by atoms with Gasteiger partial charge in [0.25, 0.3) is 0 Å². The molecule has 0 aromatic heterocycles. The summed E-state index contributed by atoms with van der Waals surface area (Å²) in [6, 6.07) is 11.3. The van der Waals surface area contributed by atoms with Gasteiger partial charge in [-0.1, -0.05) is 65.0 Å². The van der Waals surface area contributed by atoms with Gasteiger partial charge in [-0.3, -0.25) is 0 Å². The van der Waals surface area contributed by atoms with Crippen molar-refractivity contribution in [2.75, 3.05) is 23.3 Å². The summed E-state index contributed by atoms with van der Waals surface area (Å²) in [5, 5.41) is 3.29. The molecule has 8 heteroatoms. The Morgan fingerprint density at radius 3 is 2.65 bits per heavy atom. The van der Waals surface area contributed by atoms with Crippen molar-refractivity contribution < 1.29 is 9.18 Å². The summed E-state index contributed by atoms with van der Waals surface area (Å²) in [7, 11) is 0. The van der Waals surface area contributed by atoms with Gasteiger partial charge in [-0.2, -0.15) is 0 Å². The van der Waals surface area contributed by atoms with Crippen molar-refractivity contribution in [3.63, 3.8) is 0 Å². The molecule has 1 heterocycles. The largest absolute Gasteiger partial charge is 0.336 e. The molecule has 1 aliphatic rings. The first-order valence-corrected chi connectivity index (χ1v) is 10.5. The molecule has 0 unspecified atom stereocenters. The van der Waals surface area contributed by atoms with E-state index in [1.165, 1.54) is 18.2 Å².